The SMILES string of the molecule is CC(C)(C)OC(=O)N(CCCNC(=O)[C@H]1CC=CCC1)Cc1cccnc1. The lowest BCUT2D eigenvalue weighted by atomic mass is 9.94. The molecule has 1 aromatic heterocycles. The maximum absolute atomic E-state index is 12.5. The molecule has 0 spiro atoms. The van der Waals surface area contributed by atoms with E-state index in [-0.39, 0.29) is 17.9 Å². The summed E-state index contributed by atoms with van der Waals surface area (Å²) in [6.45, 7) is 7.05. The Kier molecular flexibility index (Phi) is 7.82. The highest BCUT2D eigenvalue weighted by Gasteiger charge is 2.22. The minimum Gasteiger partial charge on any atom is -0.444 e. The third-order valence-corrected chi connectivity index (χ3v) is 4.29. The average molecular weight is 373 g/mol. The molecule has 0 radical (unpaired) electrons. The number of nitrogens with zero attached hydrogens (tertiary/aromatic N) is 2. The van der Waals surface area contributed by atoms with Gasteiger partial charge in [0.25, 0.3) is 0 Å². The summed E-state index contributed by atoms with van der Waals surface area (Å²) in [6.07, 6.45) is 10.7. The molecule has 27 heavy (non-hydrogen) atoms. The van der Waals surface area contributed by atoms with Crippen molar-refractivity contribution in [1.29, 1.82) is 0 Å². The molecule has 6 nitrogen and oxygen atoms in total. The summed E-state index contributed by atoms with van der Waals surface area (Å²) in [7, 11) is 0. The average Bonchev–Trinajstić information content (AvgIpc) is 2.64. The van der Waals surface area contributed by atoms with Crippen molar-refractivity contribution in [1.82, 2.24) is 15.2 Å². The molecule has 1 aliphatic rings. The van der Waals surface area contributed by atoms with E-state index in [0.717, 1.165) is 24.8 Å². The molecule has 1 N–H and O–H groups in total. The third-order valence-electron chi connectivity index (χ3n) is 4.29. The molecule has 0 aliphatic heterocycles. The van der Waals surface area contributed by atoms with Gasteiger partial charge < -0.3 is 15.0 Å². The van der Waals surface area contributed by atoms with Crippen molar-refractivity contribution >= 4 is 12.0 Å². The number of pyridine rings is 1. The Bertz CT molecular complexity index is 638. The zero-order chi connectivity index (χ0) is 19.7. The highest BCUT2D eigenvalue weighted by molar-refractivity contribution is 5.78. The van der Waals surface area contributed by atoms with E-state index in [1.807, 2.05) is 32.9 Å². The fraction of sp³-hybridized carbons (Fsp3) is 0.571. The first kappa shape index (κ1) is 20.9. The van der Waals surface area contributed by atoms with Crippen LogP contribution < -0.4 is 5.32 Å². The second-order valence-electron chi connectivity index (χ2n) is 7.89. The van der Waals surface area contributed by atoms with Crippen LogP contribution in [0.25, 0.3) is 0 Å². The minimum absolute atomic E-state index is 0.0763. The predicted molar refractivity (Wildman–Crippen MR) is 105 cm³/mol. The van der Waals surface area contributed by atoms with Crippen LogP contribution in [0.5, 0.6) is 0 Å². The number of nitrogens with one attached hydrogen (secondary N) is 1. The molecule has 148 valence electrons. The molecule has 6 heteroatoms. The molecular weight excluding hydrogens is 342 g/mol. The lowest BCUT2D eigenvalue weighted by Crippen LogP contribution is -2.38. The number of amides is 2. The Morgan fingerprint density at radius 2 is 2.15 bits per heavy atom. The summed E-state index contributed by atoms with van der Waals surface area (Å²) < 4.78 is 5.52. The molecule has 0 saturated carbocycles. The van der Waals surface area contributed by atoms with Crippen molar-refractivity contribution in [2.24, 2.45) is 5.92 Å². The summed E-state index contributed by atoms with van der Waals surface area (Å²) >= 11 is 0. The summed E-state index contributed by atoms with van der Waals surface area (Å²) in [5, 5.41) is 2.99. The number of rotatable bonds is 7. The van der Waals surface area contributed by atoms with Gasteiger partial charge in [0, 0.05) is 31.4 Å². The molecule has 0 aromatic carbocycles. The minimum atomic E-state index is -0.549. The van der Waals surface area contributed by atoms with Crippen LogP contribution in [0.3, 0.4) is 0 Å². The monoisotopic (exact) mass is 373 g/mol. The van der Waals surface area contributed by atoms with Crippen LogP contribution in [0.1, 0.15) is 52.0 Å². The van der Waals surface area contributed by atoms with Gasteiger partial charge >= 0.3 is 6.09 Å². The van der Waals surface area contributed by atoms with Crippen molar-refractivity contribution in [3.05, 3.63) is 42.2 Å². The number of carbonyl (C=O) groups is 2. The number of aromatic nitrogens is 1. The zero-order valence-electron chi connectivity index (χ0n) is 16.6. The first-order valence-electron chi connectivity index (χ1n) is 9.65. The molecule has 0 unspecified atom stereocenters. The Labute approximate surface area is 162 Å². The smallest absolute Gasteiger partial charge is 0.410 e. The molecular formula is C21H31N3O3. The van der Waals surface area contributed by atoms with Gasteiger partial charge in [-0.25, -0.2) is 4.79 Å². The molecule has 1 aromatic rings. The van der Waals surface area contributed by atoms with Crippen LogP contribution >= 0.6 is 0 Å². The standard InChI is InChI=1S/C21H31N3O3/c1-21(2,3)27-20(26)24(16-17-9-7-12-22-15-17)14-8-13-23-19(25)18-10-5-4-6-11-18/h4-5,7,9,12,15,18H,6,8,10-11,13-14,16H2,1-3H3,(H,23,25)/t18-/m0/s1. The van der Waals surface area contributed by atoms with E-state index in [2.05, 4.69) is 22.5 Å². The van der Waals surface area contributed by atoms with Crippen molar-refractivity contribution in [3.63, 3.8) is 0 Å². The lowest BCUT2D eigenvalue weighted by molar-refractivity contribution is -0.125. The van der Waals surface area contributed by atoms with E-state index in [9.17, 15) is 9.59 Å². The Morgan fingerprint density at radius 1 is 1.33 bits per heavy atom. The summed E-state index contributed by atoms with van der Waals surface area (Å²) in [4.78, 5) is 30.5. The van der Waals surface area contributed by atoms with Crippen molar-refractivity contribution in [2.75, 3.05) is 13.1 Å². The molecule has 0 fully saturated rings. The maximum atomic E-state index is 12.5. The fourth-order valence-corrected chi connectivity index (χ4v) is 2.93. The summed E-state index contributed by atoms with van der Waals surface area (Å²) in [5.41, 5.74) is 0.397. The van der Waals surface area contributed by atoms with Gasteiger partial charge in [-0.3, -0.25) is 9.78 Å². The largest absolute Gasteiger partial charge is 0.444 e. The van der Waals surface area contributed by atoms with Crippen LogP contribution in [0.2, 0.25) is 0 Å². The fourth-order valence-electron chi connectivity index (χ4n) is 2.93. The quantitative estimate of drug-likeness (QED) is 0.584. The van der Waals surface area contributed by atoms with Gasteiger partial charge in [0.15, 0.2) is 0 Å². The van der Waals surface area contributed by atoms with Crippen molar-refractivity contribution < 1.29 is 14.3 Å². The van der Waals surface area contributed by atoms with E-state index >= 15 is 0 Å². The van der Waals surface area contributed by atoms with Crippen LogP contribution in [0, 0.1) is 5.92 Å². The highest BCUT2D eigenvalue weighted by atomic mass is 16.6. The Balaban J connectivity index is 1.84. The first-order valence-corrected chi connectivity index (χ1v) is 9.65. The van der Waals surface area contributed by atoms with Crippen molar-refractivity contribution in [2.45, 2.75) is 58.6 Å². The van der Waals surface area contributed by atoms with Crippen LogP contribution in [-0.4, -0.2) is 40.6 Å². The second-order valence-corrected chi connectivity index (χ2v) is 7.89. The van der Waals surface area contributed by atoms with Gasteiger partial charge in [0.2, 0.25) is 5.91 Å². The maximum Gasteiger partial charge on any atom is 0.410 e. The molecule has 1 atom stereocenters. The molecule has 2 amide bonds. The van der Waals surface area contributed by atoms with Gasteiger partial charge in [-0.2, -0.15) is 0 Å². The highest BCUT2D eigenvalue weighted by Crippen LogP contribution is 2.18. The number of allylic oxidation sites excluding steroid dienone is 2. The summed E-state index contributed by atoms with van der Waals surface area (Å²) in [5.74, 6) is 0.183. The second kappa shape index (κ2) is 10.1. The molecule has 0 bridgehead atoms. The van der Waals surface area contributed by atoms with E-state index in [1.54, 1.807) is 17.3 Å². The normalized spacial score (nSPS) is 16.6. The molecule has 0 saturated heterocycles. The lowest BCUT2D eigenvalue weighted by Gasteiger charge is -2.27. The zero-order valence-corrected chi connectivity index (χ0v) is 16.6. The van der Waals surface area contributed by atoms with Gasteiger partial charge in [-0.1, -0.05) is 18.2 Å². The van der Waals surface area contributed by atoms with E-state index < -0.39 is 5.60 Å². The van der Waals surface area contributed by atoms with Gasteiger partial charge in [-0.05, 0) is 58.1 Å². The topological polar surface area (TPSA) is 71.5 Å². The van der Waals surface area contributed by atoms with Crippen LogP contribution in [-0.2, 0) is 16.1 Å². The van der Waals surface area contributed by atoms with Crippen LogP contribution in [0.4, 0.5) is 4.79 Å². The third kappa shape index (κ3) is 7.81. The van der Waals surface area contributed by atoms with Gasteiger partial charge in [-0.15, -0.1) is 0 Å². The summed E-state index contributed by atoms with van der Waals surface area (Å²) in [6, 6.07) is 3.78. The predicted octanol–water partition coefficient (Wildman–Crippen LogP) is 3.68. The van der Waals surface area contributed by atoms with E-state index in [1.165, 1.54) is 0 Å². The van der Waals surface area contributed by atoms with E-state index in [4.69, 9.17) is 4.74 Å². The van der Waals surface area contributed by atoms with Crippen molar-refractivity contribution in [3.8, 4) is 0 Å². The number of ether oxygens (including phenoxy) is 1. The Hall–Kier alpha value is -2.37. The van der Waals surface area contributed by atoms with Crippen LogP contribution in [0.15, 0.2) is 36.7 Å². The number of hydrogen-bond donors (Lipinski definition) is 1. The molecule has 1 aliphatic carbocycles. The van der Waals surface area contributed by atoms with Gasteiger partial charge in [0.1, 0.15) is 5.60 Å². The van der Waals surface area contributed by atoms with E-state index in [0.29, 0.717) is 26.1 Å². The number of hydrogen-bond acceptors (Lipinski definition) is 4. The van der Waals surface area contributed by atoms with Gasteiger partial charge in [0.05, 0.1) is 6.54 Å². The molecule has 2 rings (SSSR count). The molecule has 1 heterocycles. The first-order chi connectivity index (χ1) is 12.8. The Morgan fingerprint density at radius 3 is 2.78 bits per heavy atom. The number of carbonyl (C=O) groups excluding carboxylic acids is 2.